The number of carbonyl (C=O) groups excluding carboxylic acids is 2. The van der Waals surface area contributed by atoms with E-state index in [2.05, 4.69) is 27.4 Å². The summed E-state index contributed by atoms with van der Waals surface area (Å²) in [6.45, 7) is 10.5. The lowest BCUT2D eigenvalue weighted by Gasteiger charge is -2.38. The highest BCUT2D eigenvalue weighted by molar-refractivity contribution is 6.02. The van der Waals surface area contributed by atoms with Crippen LogP contribution in [0.4, 0.5) is 22.9 Å². The summed E-state index contributed by atoms with van der Waals surface area (Å²) in [6.07, 6.45) is 6.39. The van der Waals surface area contributed by atoms with Gasteiger partial charge in [-0.2, -0.15) is 0 Å². The molecular formula is C36H46N6O3. The van der Waals surface area contributed by atoms with Crippen molar-refractivity contribution in [3.05, 3.63) is 71.4 Å². The molecule has 3 aliphatic rings. The highest BCUT2D eigenvalue weighted by Crippen LogP contribution is 2.37. The van der Waals surface area contributed by atoms with Crippen molar-refractivity contribution in [2.24, 2.45) is 5.92 Å². The molecule has 2 saturated heterocycles. The Morgan fingerprint density at radius 2 is 1.84 bits per heavy atom. The summed E-state index contributed by atoms with van der Waals surface area (Å²) < 4.78 is 6.03. The maximum atomic E-state index is 13.6. The first-order chi connectivity index (χ1) is 21.9. The predicted molar refractivity (Wildman–Crippen MR) is 179 cm³/mol. The van der Waals surface area contributed by atoms with Crippen molar-refractivity contribution in [2.45, 2.75) is 52.0 Å². The maximum Gasteiger partial charge on any atom is 0.253 e. The zero-order valence-corrected chi connectivity index (χ0v) is 26.8. The molecule has 1 amide bonds. The molecule has 9 nitrogen and oxygen atoms in total. The van der Waals surface area contributed by atoms with E-state index >= 15 is 0 Å². The van der Waals surface area contributed by atoms with Crippen LogP contribution in [0.15, 0.2) is 54.7 Å². The number of ketones is 1. The fraction of sp³-hybridized carbons (Fsp3) is 0.472. The average Bonchev–Trinajstić information content (AvgIpc) is 3.34. The molecule has 2 fully saturated rings. The van der Waals surface area contributed by atoms with Crippen LogP contribution in [0.1, 0.15) is 65.8 Å². The van der Waals surface area contributed by atoms with Crippen molar-refractivity contribution in [3.63, 3.8) is 0 Å². The number of ether oxygens (including phenoxy) is 1. The van der Waals surface area contributed by atoms with E-state index in [4.69, 9.17) is 9.72 Å². The number of amides is 1. The van der Waals surface area contributed by atoms with Crippen LogP contribution in [0.5, 0.6) is 5.75 Å². The summed E-state index contributed by atoms with van der Waals surface area (Å²) in [5.41, 5.74) is 5.13. The monoisotopic (exact) mass is 610 g/mol. The van der Waals surface area contributed by atoms with Crippen LogP contribution in [-0.2, 0) is 6.42 Å². The molecule has 2 aromatic carbocycles. The van der Waals surface area contributed by atoms with Crippen LogP contribution in [-0.4, -0.2) is 85.4 Å². The van der Waals surface area contributed by atoms with Crippen LogP contribution in [0.2, 0.25) is 0 Å². The van der Waals surface area contributed by atoms with E-state index in [0.29, 0.717) is 36.2 Å². The topological polar surface area (TPSA) is 90.0 Å². The number of nitrogens with zero attached hydrogens (tertiary/aromatic N) is 4. The van der Waals surface area contributed by atoms with Crippen molar-refractivity contribution < 1.29 is 14.3 Å². The highest BCUT2D eigenvalue weighted by atomic mass is 16.5. The minimum absolute atomic E-state index is 0.0535. The number of carbonyl (C=O) groups is 2. The van der Waals surface area contributed by atoms with Gasteiger partial charge in [-0.1, -0.05) is 19.1 Å². The van der Waals surface area contributed by atoms with Crippen LogP contribution in [0.3, 0.4) is 0 Å². The largest absolute Gasteiger partial charge is 0.492 e. The number of nitrogens with one attached hydrogen (secondary N) is 2. The summed E-state index contributed by atoms with van der Waals surface area (Å²) in [6, 6.07) is 16.0. The number of Topliss-reactive ketones (excluding diaryl/α,β-unsaturated/α-hetero) is 1. The van der Waals surface area contributed by atoms with Gasteiger partial charge in [-0.25, -0.2) is 4.98 Å². The van der Waals surface area contributed by atoms with E-state index in [1.54, 1.807) is 0 Å². The zero-order valence-electron chi connectivity index (χ0n) is 26.8. The van der Waals surface area contributed by atoms with Crippen LogP contribution < -0.4 is 20.3 Å². The van der Waals surface area contributed by atoms with E-state index in [1.165, 1.54) is 6.42 Å². The molecule has 0 aliphatic carbocycles. The Balaban J connectivity index is 1.20. The van der Waals surface area contributed by atoms with Crippen molar-refractivity contribution in [1.82, 2.24) is 20.1 Å². The van der Waals surface area contributed by atoms with Gasteiger partial charge in [0.25, 0.3) is 5.91 Å². The third kappa shape index (κ3) is 6.99. The Bertz CT molecular complexity index is 1510. The van der Waals surface area contributed by atoms with E-state index in [1.807, 2.05) is 73.6 Å². The molecule has 1 unspecified atom stereocenters. The molecule has 3 aromatic rings. The Labute approximate surface area is 266 Å². The molecule has 4 heterocycles. The fourth-order valence-electron chi connectivity index (χ4n) is 7.04. The molecular weight excluding hydrogens is 564 g/mol. The Morgan fingerprint density at radius 1 is 1.02 bits per heavy atom. The minimum Gasteiger partial charge on any atom is -0.492 e. The number of anilines is 4. The Kier molecular flexibility index (Phi) is 9.66. The molecule has 0 saturated carbocycles. The molecule has 1 atom stereocenters. The molecule has 1 aromatic heterocycles. The second kappa shape index (κ2) is 14.0. The maximum absolute atomic E-state index is 13.6. The molecule has 3 aliphatic heterocycles. The summed E-state index contributed by atoms with van der Waals surface area (Å²) in [5, 5.41) is 6.94. The molecule has 238 valence electrons. The number of fused-ring (bicyclic) bond motifs is 2. The zero-order chi connectivity index (χ0) is 31.3. The van der Waals surface area contributed by atoms with Gasteiger partial charge < -0.3 is 25.2 Å². The second-order valence-corrected chi connectivity index (χ2v) is 12.6. The fourth-order valence-corrected chi connectivity index (χ4v) is 7.04. The third-order valence-corrected chi connectivity index (χ3v) is 9.43. The molecule has 9 heteroatoms. The predicted octanol–water partition coefficient (Wildman–Crippen LogP) is 5.66. The van der Waals surface area contributed by atoms with Crippen LogP contribution in [0.25, 0.3) is 0 Å². The molecule has 0 spiro atoms. The molecule has 0 bridgehead atoms. The molecule has 6 rings (SSSR count). The number of likely N-dealkylation sites (tertiary alicyclic amines) is 1. The van der Waals surface area contributed by atoms with Gasteiger partial charge in [0.15, 0.2) is 5.78 Å². The van der Waals surface area contributed by atoms with Gasteiger partial charge in [0.1, 0.15) is 11.6 Å². The number of benzene rings is 2. The highest BCUT2D eigenvalue weighted by Gasteiger charge is 2.28. The smallest absolute Gasteiger partial charge is 0.253 e. The van der Waals surface area contributed by atoms with Gasteiger partial charge in [-0.3, -0.25) is 14.5 Å². The molecule has 0 radical (unpaired) electrons. The van der Waals surface area contributed by atoms with Gasteiger partial charge in [-0.05, 0) is 87.5 Å². The van der Waals surface area contributed by atoms with E-state index in [0.717, 1.165) is 86.7 Å². The summed E-state index contributed by atoms with van der Waals surface area (Å²) >= 11 is 0. The number of hydrogen-bond donors (Lipinski definition) is 2. The van der Waals surface area contributed by atoms with Gasteiger partial charge >= 0.3 is 0 Å². The number of para-hydroxylation sites is 1. The Hall–Kier alpha value is -3.95. The van der Waals surface area contributed by atoms with Gasteiger partial charge in [0.2, 0.25) is 0 Å². The van der Waals surface area contributed by atoms with Crippen molar-refractivity contribution >= 4 is 34.6 Å². The number of piperidine rings is 1. The lowest BCUT2D eigenvalue weighted by atomic mass is 9.94. The second-order valence-electron chi connectivity index (χ2n) is 12.6. The van der Waals surface area contributed by atoms with Crippen LogP contribution >= 0.6 is 0 Å². The Morgan fingerprint density at radius 3 is 2.67 bits per heavy atom. The molecule has 45 heavy (non-hydrogen) atoms. The van der Waals surface area contributed by atoms with Crippen molar-refractivity contribution in [1.29, 1.82) is 0 Å². The summed E-state index contributed by atoms with van der Waals surface area (Å²) in [4.78, 5) is 38.1. The number of rotatable bonds is 6. The first kappa shape index (κ1) is 31.0. The van der Waals surface area contributed by atoms with E-state index in [9.17, 15) is 9.59 Å². The van der Waals surface area contributed by atoms with Crippen molar-refractivity contribution in [3.8, 4) is 5.75 Å². The summed E-state index contributed by atoms with van der Waals surface area (Å²) in [7, 11) is 2.00. The first-order valence-corrected chi connectivity index (χ1v) is 16.5. The van der Waals surface area contributed by atoms with Crippen LogP contribution in [0, 0.1) is 5.92 Å². The van der Waals surface area contributed by atoms with E-state index < -0.39 is 0 Å². The lowest BCUT2D eigenvalue weighted by Crippen LogP contribution is -2.47. The quantitative estimate of drug-likeness (QED) is 0.370. The van der Waals surface area contributed by atoms with Gasteiger partial charge in [0, 0.05) is 74.8 Å². The van der Waals surface area contributed by atoms with Gasteiger partial charge in [0.05, 0.1) is 18.0 Å². The lowest BCUT2D eigenvalue weighted by molar-refractivity contribution is 0.0626. The van der Waals surface area contributed by atoms with Crippen molar-refractivity contribution in [2.75, 3.05) is 63.1 Å². The van der Waals surface area contributed by atoms with Gasteiger partial charge in [-0.15, -0.1) is 0 Å². The minimum atomic E-state index is 0.0535. The normalized spacial score (nSPS) is 19.9. The number of aromatic nitrogens is 1. The number of hydrogen-bond acceptors (Lipinski definition) is 8. The first-order valence-electron chi connectivity index (χ1n) is 16.5. The summed E-state index contributed by atoms with van der Waals surface area (Å²) in [5.74, 6) is 1.71. The number of pyridine rings is 1. The average molecular weight is 611 g/mol. The third-order valence-electron chi connectivity index (χ3n) is 9.43. The SMILES string of the molecule is CCOc1cc(C(=O)N2CCC(N3CCCNCC3)CC2)ccc1Nc1cc2c(cn1)CC(C)CC(=O)c1ccccc1N2C. The van der Waals surface area contributed by atoms with E-state index in [-0.39, 0.29) is 17.6 Å². The standard InChI is InChI=1S/C36H46N6O3/c1-4-45-34-22-26(36(44)42-17-12-28(13-18-42)41-16-7-14-37-15-19-41)10-11-30(34)39-35-23-32-27(24-38-35)20-25(2)21-33(43)29-8-5-6-9-31(29)40(32)3/h5-6,8-11,22-25,28,37H,4,7,12-21H2,1-3H3,(H,38,39). The molecule has 2 N–H and O–H groups in total.